The Morgan fingerprint density at radius 2 is 1.89 bits per heavy atom. The minimum absolute atomic E-state index is 0.0759. The summed E-state index contributed by atoms with van der Waals surface area (Å²) in [5.74, 6) is 0. The molecule has 0 saturated heterocycles. The Labute approximate surface area is 131 Å². The first-order valence-electron chi connectivity index (χ1n) is 6.10. The van der Waals surface area contributed by atoms with Gasteiger partial charge in [0.15, 0.2) is 0 Å². The van der Waals surface area contributed by atoms with Crippen LogP contribution in [-0.4, -0.2) is 0 Å². The van der Waals surface area contributed by atoms with Crippen molar-refractivity contribution in [1.82, 2.24) is 0 Å². The Hall–Kier alpha value is -0.350. The minimum atomic E-state index is -0.135. The molecule has 1 aromatic carbocycles. The molecule has 0 saturated carbocycles. The van der Waals surface area contributed by atoms with Gasteiger partial charge in [-0.15, -0.1) is 11.3 Å². The van der Waals surface area contributed by atoms with Crippen molar-refractivity contribution in [3.63, 3.8) is 0 Å². The number of halogens is 2. The molecule has 2 rings (SSSR count). The molecule has 0 spiro atoms. The third kappa shape index (κ3) is 3.22. The van der Waals surface area contributed by atoms with Gasteiger partial charge in [0.05, 0.1) is 6.04 Å². The number of benzene rings is 1. The maximum atomic E-state index is 6.43. The lowest BCUT2D eigenvalue weighted by atomic mass is 9.82. The van der Waals surface area contributed by atoms with Crippen LogP contribution in [0.2, 0.25) is 4.34 Å². The van der Waals surface area contributed by atoms with Crippen LogP contribution in [-0.2, 0) is 5.41 Å². The van der Waals surface area contributed by atoms with E-state index in [-0.39, 0.29) is 11.5 Å². The third-order valence-corrected chi connectivity index (χ3v) is 5.63. The van der Waals surface area contributed by atoms with Crippen molar-refractivity contribution >= 4 is 38.9 Å². The maximum Gasteiger partial charge on any atom is 0.107 e. The van der Waals surface area contributed by atoms with E-state index >= 15 is 0 Å². The van der Waals surface area contributed by atoms with Crippen molar-refractivity contribution in [1.29, 1.82) is 0 Å². The number of rotatable bonds is 2. The second-order valence-electron chi connectivity index (χ2n) is 5.59. The first-order valence-corrected chi connectivity index (χ1v) is 8.09. The van der Waals surface area contributed by atoms with Gasteiger partial charge in [-0.1, -0.05) is 56.6 Å². The number of thiophene rings is 1. The number of hydrogen-bond donors (Lipinski definition) is 1. The Kier molecular flexibility index (Phi) is 4.41. The highest BCUT2D eigenvalue weighted by molar-refractivity contribution is 9.10. The second-order valence-corrected chi connectivity index (χ2v) is 8.13. The first kappa shape index (κ1) is 15.0. The van der Waals surface area contributed by atoms with E-state index in [0.29, 0.717) is 0 Å². The highest BCUT2D eigenvalue weighted by Gasteiger charge is 2.22. The molecule has 2 aromatic rings. The molecule has 0 radical (unpaired) electrons. The Bertz CT molecular complexity index is 567. The average Bonchev–Trinajstić information content (AvgIpc) is 2.68. The molecular weight excluding hydrogens is 342 g/mol. The van der Waals surface area contributed by atoms with E-state index in [1.165, 1.54) is 22.5 Å². The standard InChI is InChI=1S/C15H17BrClNS/c1-15(2,3)10-7-5-4-6-9(10)13(18)12-8-11(16)14(17)19-12/h4-8,13H,18H2,1-3H3. The predicted octanol–water partition coefficient (Wildman–Crippen LogP) is 5.51. The van der Waals surface area contributed by atoms with Crippen LogP contribution in [0.25, 0.3) is 0 Å². The molecule has 0 aliphatic heterocycles. The smallest absolute Gasteiger partial charge is 0.107 e. The molecular formula is C15H17BrClNS. The van der Waals surface area contributed by atoms with Crippen LogP contribution in [0.5, 0.6) is 0 Å². The van der Waals surface area contributed by atoms with Gasteiger partial charge in [-0.3, -0.25) is 0 Å². The summed E-state index contributed by atoms with van der Waals surface area (Å²) in [4.78, 5) is 1.08. The van der Waals surface area contributed by atoms with Crippen molar-refractivity contribution in [3.8, 4) is 0 Å². The largest absolute Gasteiger partial charge is 0.320 e. The normalized spacial score (nSPS) is 13.6. The number of hydrogen-bond acceptors (Lipinski definition) is 2. The number of nitrogens with two attached hydrogens (primary N) is 1. The van der Waals surface area contributed by atoms with Gasteiger partial charge in [-0.2, -0.15) is 0 Å². The maximum absolute atomic E-state index is 6.43. The van der Waals surface area contributed by atoms with Crippen LogP contribution in [0.15, 0.2) is 34.8 Å². The summed E-state index contributed by atoms with van der Waals surface area (Å²) in [6.45, 7) is 6.61. The summed E-state index contributed by atoms with van der Waals surface area (Å²) in [6.07, 6.45) is 0. The zero-order chi connectivity index (χ0) is 14.2. The summed E-state index contributed by atoms with van der Waals surface area (Å²) >= 11 is 11.1. The van der Waals surface area contributed by atoms with Gasteiger partial charge in [-0.05, 0) is 38.5 Å². The lowest BCUT2D eigenvalue weighted by Crippen LogP contribution is -2.20. The van der Waals surface area contributed by atoms with Crippen molar-refractivity contribution in [2.75, 3.05) is 0 Å². The fraction of sp³-hybridized carbons (Fsp3) is 0.333. The molecule has 0 bridgehead atoms. The zero-order valence-electron chi connectivity index (χ0n) is 11.2. The van der Waals surface area contributed by atoms with Gasteiger partial charge in [0.25, 0.3) is 0 Å². The van der Waals surface area contributed by atoms with Gasteiger partial charge in [0, 0.05) is 9.35 Å². The van der Waals surface area contributed by atoms with E-state index in [9.17, 15) is 0 Å². The van der Waals surface area contributed by atoms with E-state index in [0.717, 1.165) is 13.7 Å². The van der Waals surface area contributed by atoms with Gasteiger partial charge in [0.1, 0.15) is 4.34 Å². The summed E-state index contributed by atoms with van der Waals surface area (Å²) in [7, 11) is 0. The Morgan fingerprint density at radius 1 is 1.26 bits per heavy atom. The van der Waals surface area contributed by atoms with Crippen LogP contribution in [0.3, 0.4) is 0 Å². The second kappa shape index (κ2) is 5.57. The first-order chi connectivity index (χ1) is 8.80. The van der Waals surface area contributed by atoms with E-state index in [4.69, 9.17) is 17.3 Å². The monoisotopic (exact) mass is 357 g/mol. The van der Waals surface area contributed by atoms with Crippen LogP contribution in [0, 0.1) is 0 Å². The molecule has 2 N–H and O–H groups in total. The van der Waals surface area contributed by atoms with Crippen molar-refractivity contribution in [2.24, 2.45) is 5.73 Å². The van der Waals surface area contributed by atoms with E-state index in [1.807, 2.05) is 12.1 Å². The van der Waals surface area contributed by atoms with Crippen LogP contribution in [0.1, 0.15) is 42.8 Å². The summed E-state index contributed by atoms with van der Waals surface area (Å²) in [5, 5.41) is 0. The quantitative estimate of drug-likeness (QED) is 0.752. The molecule has 0 fully saturated rings. The highest BCUT2D eigenvalue weighted by atomic mass is 79.9. The molecule has 1 aromatic heterocycles. The average molecular weight is 359 g/mol. The summed E-state index contributed by atoms with van der Waals surface area (Å²) < 4.78 is 1.66. The van der Waals surface area contributed by atoms with E-state index in [2.05, 4.69) is 54.9 Å². The van der Waals surface area contributed by atoms with Gasteiger partial charge >= 0.3 is 0 Å². The lowest BCUT2D eigenvalue weighted by molar-refractivity contribution is 0.578. The van der Waals surface area contributed by atoms with E-state index in [1.54, 1.807) is 0 Å². The van der Waals surface area contributed by atoms with Crippen molar-refractivity contribution < 1.29 is 0 Å². The molecule has 1 atom stereocenters. The Balaban J connectivity index is 2.47. The SMILES string of the molecule is CC(C)(C)c1ccccc1C(N)c1cc(Br)c(Cl)s1. The fourth-order valence-corrected chi connectivity index (χ4v) is 3.88. The molecule has 0 amide bonds. The molecule has 0 aliphatic rings. The van der Waals surface area contributed by atoms with Crippen LogP contribution < -0.4 is 5.73 Å². The molecule has 4 heteroatoms. The fourth-order valence-electron chi connectivity index (χ4n) is 2.12. The molecule has 1 unspecified atom stereocenters. The Morgan fingerprint density at radius 3 is 2.42 bits per heavy atom. The summed E-state index contributed by atoms with van der Waals surface area (Å²) in [6, 6.07) is 10.2. The zero-order valence-corrected chi connectivity index (χ0v) is 14.4. The minimum Gasteiger partial charge on any atom is -0.320 e. The van der Waals surface area contributed by atoms with Crippen molar-refractivity contribution in [3.05, 3.63) is 55.1 Å². The molecule has 1 nitrogen and oxygen atoms in total. The van der Waals surface area contributed by atoms with Crippen LogP contribution >= 0.6 is 38.9 Å². The van der Waals surface area contributed by atoms with Gasteiger partial charge in [0.2, 0.25) is 0 Å². The topological polar surface area (TPSA) is 26.0 Å². The predicted molar refractivity (Wildman–Crippen MR) is 88.2 cm³/mol. The van der Waals surface area contributed by atoms with Crippen molar-refractivity contribution in [2.45, 2.75) is 32.2 Å². The molecule has 102 valence electrons. The van der Waals surface area contributed by atoms with Crippen LogP contribution in [0.4, 0.5) is 0 Å². The third-order valence-electron chi connectivity index (χ3n) is 3.07. The molecule has 19 heavy (non-hydrogen) atoms. The van der Waals surface area contributed by atoms with E-state index < -0.39 is 0 Å². The molecule has 1 heterocycles. The highest BCUT2D eigenvalue weighted by Crippen LogP contribution is 2.38. The van der Waals surface area contributed by atoms with Gasteiger partial charge < -0.3 is 5.73 Å². The molecule has 0 aliphatic carbocycles. The van der Waals surface area contributed by atoms with Gasteiger partial charge in [-0.25, -0.2) is 0 Å². The summed E-state index contributed by atoms with van der Waals surface area (Å²) in [5.41, 5.74) is 8.95. The lowest BCUT2D eigenvalue weighted by Gasteiger charge is -2.25.